The highest BCUT2D eigenvalue weighted by Crippen LogP contribution is 2.12. The summed E-state index contributed by atoms with van der Waals surface area (Å²) in [5.74, 6) is 0. The highest BCUT2D eigenvalue weighted by atomic mass is 16.4. The molecule has 0 aromatic carbocycles. The van der Waals surface area contributed by atoms with E-state index in [4.69, 9.17) is 4.42 Å². The first-order valence-electron chi connectivity index (χ1n) is 6.52. The van der Waals surface area contributed by atoms with Crippen LogP contribution >= 0.6 is 0 Å². The first kappa shape index (κ1) is 14.0. The Morgan fingerprint density at radius 1 is 1.41 bits per heavy atom. The van der Waals surface area contributed by atoms with Crippen molar-refractivity contribution in [2.45, 2.75) is 52.6 Å². The van der Waals surface area contributed by atoms with Crippen LogP contribution < -0.4 is 10.2 Å². The van der Waals surface area contributed by atoms with Gasteiger partial charge in [-0.2, -0.15) is 4.98 Å². The predicted octanol–water partition coefficient (Wildman–Crippen LogP) is 2.80. The van der Waals surface area contributed by atoms with E-state index in [1.54, 1.807) is 6.26 Å². The van der Waals surface area contributed by atoms with E-state index in [9.17, 15) is 0 Å². The van der Waals surface area contributed by atoms with E-state index in [-0.39, 0.29) is 0 Å². The van der Waals surface area contributed by atoms with Crippen molar-refractivity contribution in [3.63, 3.8) is 0 Å². The molecule has 17 heavy (non-hydrogen) atoms. The molecule has 0 spiro atoms. The number of hydrogen-bond acceptors (Lipinski definition) is 4. The van der Waals surface area contributed by atoms with Gasteiger partial charge in [-0.05, 0) is 6.42 Å². The molecule has 0 bridgehead atoms. The minimum Gasteiger partial charge on any atom is -0.432 e. The molecule has 98 valence electrons. The number of anilines is 1. The van der Waals surface area contributed by atoms with Crippen LogP contribution in [-0.2, 0) is 6.54 Å². The van der Waals surface area contributed by atoms with E-state index in [1.807, 2.05) is 7.05 Å². The van der Waals surface area contributed by atoms with Gasteiger partial charge in [0.2, 0.25) is 0 Å². The van der Waals surface area contributed by atoms with Gasteiger partial charge in [-0.1, -0.05) is 33.6 Å². The summed E-state index contributed by atoms with van der Waals surface area (Å²) in [5, 5.41) is 3.33. The van der Waals surface area contributed by atoms with Gasteiger partial charge in [0.25, 0.3) is 6.01 Å². The summed E-state index contributed by atoms with van der Waals surface area (Å²) in [4.78, 5) is 6.54. The molecular formula is C13H25N3O. The summed E-state index contributed by atoms with van der Waals surface area (Å²) in [6, 6.07) is 1.19. The molecule has 0 aliphatic rings. The Balaban J connectivity index is 2.38. The predicted molar refractivity (Wildman–Crippen MR) is 71.3 cm³/mol. The molecule has 0 atom stereocenters. The highest BCUT2D eigenvalue weighted by Gasteiger charge is 2.08. The fourth-order valence-electron chi connectivity index (χ4n) is 1.56. The summed E-state index contributed by atoms with van der Waals surface area (Å²) < 4.78 is 5.46. The largest absolute Gasteiger partial charge is 0.432 e. The zero-order chi connectivity index (χ0) is 12.7. The molecule has 0 saturated heterocycles. The average molecular weight is 239 g/mol. The van der Waals surface area contributed by atoms with E-state index in [0.717, 1.165) is 24.8 Å². The maximum Gasteiger partial charge on any atom is 0.297 e. The Labute approximate surface area is 104 Å². The summed E-state index contributed by atoms with van der Waals surface area (Å²) in [5.41, 5.74) is 0.969. The Hall–Kier alpha value is -1.03. The lowest BCUT2D eigenvalue weighted by molar-refractivity contribution is 0.535. The van der Waals surface area contributed by atoms with E-state index in [2.05, 4.69) is 36.0 Å². The van der Waals surface area contributed by atoms with Crippen molar-refractivity contribution in [3.8, 4) is 0 Å². The third-order valence-corrected chi connectivity index (χ3v) is 2.65. The Bertz CT molecular complexity index is 309. The van der Waals surface area contributed by atoms with Gasteiger partial charge < -0.3 is 14.6 Å². The van der Waals surface area contributed by atoms with Crippen LogP contribution in [0.25, 0.3) is 0 Å². The standard InChI is InChI=1S/C13H25N3O/c1-5-6-7-8-16(4)13-15-12(10-17-13)9-14-11(2)3/h10-11,14H,5-9H2,1-4H3. The van der Waals surface area contributed by atoms with Crippen LogP contribution in [0.3, 0.4) is 0 Å². The second-order valence-corrected chi connectivity index (χ2v) is 4.79. The van der Waals surface area contributed by atoms with Crippen molar-refractivity contribution < 1.29 is 4.42 Å². The number of hydrogen-bond donors (Lipinski definition) is 1. The molecule has 1 N–H and O–H groups in total. The molecule has 1 rings (SSSR count). The zero-order valence-electron chi connectivity index (χ0n) is 11.5. The number of nitrogens with zero attached hydrogens (tertiary/aromatic N) is 2. The summed E-state index contributed by atoms with van der Waals surface area (Å²) in [7, 11) is 2.03. The second-order valence-electron chi connectivity index (χ2n) is 4.79. The number of aromatic nitrogens is 1. The molecule has 4 heteroatoms. The molecule has 0 saturated carbocycles. The van der Waals surface area contributed by atoms with Crippen LogP contribution in [0.5, 0.6) is 0 Å². The Morgan fingerprint density at radius 3 is 2.82 bits per heavy atom. The normalized spacial score (nSPS) is 11.1. The fraction of sp³-hybridized carbons (Fsp3) is 0.769. The van der Waals surface area contributed by atoms with Gasteiger partial charge in [0.15, 0.2) is 0 Å². The van der Waals surface area contributed by atoms with Crippen molar-refractivity contribution in [2.24, 2.45) is 0 Å². The van der Waals surface area contributed by atoms with Crippen molar-refractivity contribution in [2.75, 3.05) is 18.5 Å². The van der Waals surface area contributed by atoms with Crippen molar-refractivity contribution in [3.05, 3.63) is 12.0 Å². The smallest absolute Gasteiger partial charge is 0.297 e. The molecular weight excluding hydrogens is 214 g/mol. The molecule has 0 amide bonds. The fourth-order valence-corrected chi connectivity index (χ4v) is 1.56. The Kier molecular flexibility index (Phi) is 6.05. The van der Waals surface area contributed by atoms with Crippen LogP contribution in [0.4, 0.5) is 6.01 Å². The van der Waals surface area contributed by atoms with Gasteiger partial charge in [-0.15, -0.1) is 0 Å². The molecule has 1 aromatic rings. The minimum absolute atomic E-state index is 0.470. The van der Waals surface area contributed by atoms with Crippen molar-refractivity contribution >= 4 is 6.01 Å². The van der Waals surface area contributed by atoms with Crippen LogP contribution in [0.15, 0.2) is 10.7 Å². The van der Waals surface area contributed by atoms with Gasteiger partial charge in [0, 0.05) is 26.2 Å². The number of rotatable bonds is 8. The monoisotopic (exact) mass is 239 g/mol. The van der Waals surface area contributed by atoms with E-state index in [0.29, 0.717) is 6.04 Å². The van der Waals surface area contributed by atoms with Crippen LogP contribution in [0.2, 0.25) is 0 Å². The molecule has 0 aliphatic carbocycles. The van der Waals surface area contributed by atoms with Crippen molar-refractivity contribution in [1.82, 2.24) is 10.3 Å². The third-order valence-electron chi connectivity index (χ3n) is 2.65. The molecule has 1 heterocycles. The SMILES string of the molecule is CCCCCN(C)c1nc(CNC(C)C)co1. The van der Waals surface area contributed by atoms with Gasteiger partial charge in [-0.3, -0.25) is 0 Å². The quantitative estimate of drug-likeness (QED) is 0.708. The van der Waals surface area contributed by atoms with Crippen LogP contribution in [0, 0.1) is 0 Å². The van der Waals surface area contributed by atoms with Crippen LogP contribution in [-0.4, -0.2) is 24.6 Å². The lowest BCUT2D eigenvalue weighted by Crippen LogP contribution is -2.22. The molecule has 0 fully saturated rings. The second kappa shape index (κ2) is 7.33. The third kappa shape index (κ3) is 5.22. The Morgan fingerprint density at radius 2 is 2.18 bits per heavy atom. The van der Waals surface area contributed by atoms with E-state index in [1.165, 1.54) is 19.3 Å². The van der Waals surface area contributed by atoms with Gasteiger partial charge in [0.1, 0.15) is 6.26 Å². The lowest BCUT2D eigenvalue weighted by atomic mass is 10.2. The number of unbranched alkanes of at least 4 members (excludes halogenated alkanes) is 2. The van der Waals surface area contributed by atoms with E-state index < -0.39 is 0 Å². The minimum atomic E-state index is 0.470. The summed E-state index contributed by atoms with van der Waals surface area (Å²) >= 11 is 0. The topological polar surface area (TPSA) is 41.3 Å². The number of nitrogens with one attached hydrogen (secondary N) is 1. The van der Waals surface area contributed by atoms with E-state index >= 15 is 0 Å². The lowest BCUT2D eigenvalue weighted by Gasteiger charge is -2.13. The average Bonchev–Trinajstić information content (AvgIpc) is 2.75. The van der Waals surface area contributed by atoms with Gasteiger partial charge in [0.05, 0.1) is 5.69 Å². The molecule has 0 unspecified atom stereocenters. The first-order valence-corrected chi connectivity index (χ1v) is 6.52. The molecule has 1 aromatic heterocycles. The van der Waals surface area contributed by atoms with Gasteiger partial charge >= 0.3 is 0 Å². The summed E-state index contributed by atoms with van der Waals surface area (Å²) in [6.07, 6.45) is 5.42. The van der Waals surface area contributed by atoms with Gasteiger partial charge in [-0.25, -0.2) is 0 Å². The summed E-state index contributed by atoms with van der Waals surface area (Å²) in [6.45, 7) is 8.23. The highest BCUT2D eigenvalue weighted by molar-refractivity contribution is 5.24. The molecule has 0 radical (unpaired) electrons. The molecule has 4 nitrogen and oxygen atoms in total. The maximum atomic E-state index is 5.46. The van der Waals surface area contributed by atoms with Crippen LogP contribution in [0.1, 0.15) is 45.7 Å². The maximum absolute atomic E-state index is 5.46. The number of oxazole rings is 1. The molecule has 0 aliphatic heterocycles. The first-order chi connectivity index (χ1) is 8.13. The zero-order valence-corrected chi connectivity index (χ0v) is 11.5. The van der Waals surface area contributed by atoms with Crippen molar-refractivity contribution in [1.29, 1.82) is 0 Å².